The monoisotopic (exact) mass is 393 g/mol. The lowest BCUT2D eigenvalue weighted by atomic mass is 9.81. The molecular formula is C18H21ClFN5O2. The molecule has 2 heterocycles. The third-order valence-electron chi connectivity index (χ3n) is 4.66. The molecule has 0 fully saturated rings. The Hall–Kier alpha value is -2.61. The lowest BCUT2D eigenvalue weighted by Gasteiger charge is -2.42. The van der Waals surface area contributed by atoms with Crippen LogP contribution in [0.25, 0.3) is 11.3 Å². The van der Waals surface area contributed by atoms with Crippen LogP contribution in [-0.2, 0) is 6.54 Å². The van der Waals surface area contributed by atoms with Gasteiger partial charge in [-0.25, -0.2) is 9.18 Å². The normalized spacial score (nSPS) is 16.9. The highest BCUT2D eigenvalue weighted by molar-refractivity contribution is 6.31. The quantitative estimate of drug-likeness (QED) is 0.818. The Morgan fingerprint density at radius 1 is 1.26 bits per heavy atom. The summed E-state index contributed by atoms with van der Waals surface area (Å²) >= 11 is 5.89. The van der Waals surface area contributed by atoms with Gasteiger partial charge in [0.25, 0.3) is 5.91 Å². The molecule has 0 radical (unpaired) electrons. The fraction of sp³-hybridized carbons (Fsp3) is 0.389. The van der Waals surface area contributed by atoms with E-state index in [9.17, 15) is 14.0 Å². The molecule has 0 spiro atoms. The second-order valence-corrected chi connectivity index (χ2v) is 8.03. The smallest absolute Gasteiger partial charge is 0.315 e. The van der Waals surface area contributed by atoms with Crippen LogP contribution in [0.1, 0.15) is 42.9 Å². The topological polar surface area (TPSA) is 107 Å². The van der Waals surface area contributed by atoms with E-state index in [0.29, 0.717) is 30.0 Å². The third-order valence-corrected chi connectivity index (χ3v) is 4.95. The second-order valence-electron chi connectivity index (χ2n) is 7.63. The highest BCUT2D eigenvalue weighted by atomic mass is 35.5. The van der Waals surface area contributed by atoms with E-state index in [1.807, 2.05) is 20.8 Å². The Morgan fingerprint density at radius 3 is 2.44 bits per heavy atom. The fourth-order valence-corrected chi connectivity index (χ4v) is 3.79. The standard InChI is InChI=1S/C18H21ClFN5O2/c1-18(2,3)15-14-12(16(21)26)13(9-4-5-11(20)10(19)8-9)23-25(14)7-6-24(15)17(22)27/h4-5,8,15H,6-7H2,1-3H3,(H2,21,26)(H2,22,27). The first kappa shape index (κ1) is 19.2. The number of fused-ring (bicyclic) bond motifs is 1. The van der Waals surface area contributed by atoms with Gasteiger partial charge in [0, 0.05) is 12.1 Å². The minimum atomic E-state index is -0.688. The van der Waals surface area contributed by atoms with Crippen molar-refractivity contribution >= 4 is 23.5 Å². The summed E-state index contributed by atoms with van der Waals surface area (Å²) in [5.74, 6) is -1.26. The van der Waals surface area contributed by atoms with Crippen molar-refractivity contribution < 1.29 is 14.0 Å². The summed E-state index contributed by atoms with van der Waals surface area (Å²) in [7, 11) is 0. The maximum atomic E-state index is 13.6. The van der Waals surface area contributed by atoms with Gasteiger partial charge in [0.15, 0.2) is 0 Å². The minimum absolute atomic E-state index is 0.0833. The van der Waals surface area contributed by atoms with Gasteiger partial charge in [-0.1, -0.05) is 32.4 Å². The van der Waals surface area contributed by atoms with Crippen LogP contribution < -0.4 is 11.5 Å². The zero-order valence-corrected chi connectivity index (χ0v) is 16.0. The number of hydrogen-bond acceptors (Lipinski definition) is 3. The van der Waals surface area contributed by atoms with Gasteiger partial charge in [-0.3, -0.25) is 9.48 Å². The predicted molar refractivity (Wildman–Crippen MR) is 99.6 cm³/mol. The van der Waals surface area contributed by atoms with Gasteiger partial charge in [0.1, 0.15) is 11.5 Å². The number of carbonyl (C=O) groups is 2. The molecule has 1 unspecified atom stereocenters. The number of hydrogen-bond donors (Lipinski definition) is 2. The number of amides is 3. The Kier molecular flexibility index (Phi) is 4.63. The summed E-state index contributed by atoms with van der Waals surface area (Å²) in [4.78, 5) is 25.9. The average Bonchev–Trinajstić information content (AvgIpc) is 2.94. The molecule has 3 rings (SSSR count). The van der Waals surface area contributed by atoms with Crippen LogP contribution in [0.4, 0.5) is 9.18 Å². The van der Waals surface area contributed by atoms with Crippen LogP contribution in [0.15, 0.2) is 18.2 Å². The summed E-state index contributed by atoms with van der Waals surface area (Å²) in [6, 6.07) is 3.01. The Labute approximate surface area is 161 Å². The highest BCUT2D eigenvalue weighted by Crippen LogP contribution is 2.43. The number of rotatable bonds is 2. The van der Waals surface area contributed by atoms with Crippen LogP contribution in [0.2, 0.25) is 5.02 Å². The van der Waals surface area contributed by atoms with Crippen LogP contribution >= 0.6 is 11.6 Å². The molecule has 0 saturated carbocycles. The molecule has 1 aliphatic heterocycles. The van der Waals surface area contributed by atoms with E-state index in [1.54, 1.807) is 4.68 Å². The summed E-state index contributed by atoms with van der Waals surface area (Å²) in [5.41, 5.74) is 12.3. The summed E-state index contributed by atoms with van der Waals surface area (Å²) in [5, 5.41) is 4.44. The summed E-state index contributed by atoms with van der Waals surface area (Å²) in [6.45, 7) is 6.54. The zero-order chi connectivity index (χ0) is 20.1. The van der Waals surface area contributed by atoms with Crippen LogP contribution in [0.3, 0.4) is 0 Å². The number of primary amides is 2. The third kappa shape index (κ3) is 3.25. The van der Waals surface area contributed by atoms with Crippen molar-refractivity contribution in [2.45, 2.75) is 33.4 Å². The fourth-order valence-electron chi connectivity index (χ4n) is 3.61. The number of urea groups is 1. The number of nitrogens with two attached hydrogens (primary N) is 2. The highest BCUT2D eigenvalue weighted by Gasteiger charge is 2.42. The van der Waals surface area contributed by atoms with Gasteiger partial charge >= 0.3 is 6.03 Å². The van der Waals surface area contributed by atoms with E-state index in [-0.39, 0.29) is 10.6 Å². The second kappa shape index (κ2) is 6.53. The number of aromatic nitrogens is 2. The SMILES string of the molecule is CC(C)(C)C1c2c(C(N)=O)c(-c3ccc(F)c(Cl)c3)nn2CCN1C(N)=O. The van der Waals surface area contributed by atoms with Gasteiger partial charge in [-0.2, -0.15) is 5.10 Å². The molecule has 0 saturated heterocycles. The van der Waals surface area contributed by atoms with E-state index in [2.05, 4.69) is 5.10 Å². The largest absolute Gasteiger partial charge is 0.365 e. The first-order valence-electron chi connectivity index (χ1n) is 8.44. The zero-order valence-electron chi connectivity index (χ0n) is 15.3. The maximum absolute atomic E-state index is 13.6. The van der Waals surface area contributed by atoms with Crippen molar-refractivity contribution in [2.24, 2.45) is 16.9 Å². The molecule has 27 heavy (non-hydrogen) atoms. The van der Waals surface area contributed by atoms with Gasteiger partial charge in [-0.05, 0) is 23.6 Å². The number of halogens is 2. The van der Waals surface area contributed by atoms with Crippen molar-refractivity contribution in [3.63, 3.8) is 0 Å². The summed E-state index contributed by atoms with van der Waals surface area (Å²) in [6.07, 6.45) is 0. The lowest BCUT2D eigenvalue weighted by Crippen LogP contribution is -2.49. The molecule has 9 heteroatoms. The molecule has 3 amide bonds. The average molecular weight is 394 g/mol. The minimum Gasteiger partial charge on any atom is -0.365 e. The Morgan fingerprint density at radius 2 is 1.93 bits per heavy atom. The van der Waals surface area contributed by atoms with Crippen molar-refractivity contribution in [3.05, 3.63) is 40.3 Å². The van der Waals surface area contributed by atoms with Gasteiger partial charge in [0.2, 0.25) is 0 Å². The van der Waals surface area contributed by atoms with E-state index in [4.69, 9.17) is 23.1 Å². The first-order valence-corrected chi connectivity index (χ1v) is 8.82. The van der Waals surface area contributed by atoms with E-state index in [1.165, 1.54) is 23.1 Å². The van der Waals surface area contributed by atoms with E-state index < -0.39 is 29.2 Å². The van der Waals surface area contributed by atoms with Crippen molar-refractivity contribution in [2.75, 3.05) is 6.54 Å². The molecule has 0 aliphatic carbocycles. The Bertz CT molecular complexity index is 935. The molecular weight excluding hydrogens is 373 g/mol. The molecule has 4 N–H and O–H groups in total. The molecule has 7 nitrogen and oxygen atoms in total. The molecule has 2 aromatic rings. The molecule has 0 bridgehead atoms. The van der Waals surface area contributed by atoms with Crippen LogP contribution in [-0.4, -0.2) is 33.2 Å². The van der Waals surface area contributed by atoms with E-state index >= 15 is 0 Å². The first-order chi connectivity index (χ1) is 12.5. The van der Waals surface area contributed by atoms with E-state index in [0.717, 1.165) is 0 Å². The van der Waals surface area contributed by atoms with Gasteiger partial charge in [0.05, 0.1) is 28.9 Å². The van der Waals surface area contributed by atoms with Gasteiger partial charge < -0.3 is 16.4 Å². The Balaban J connectivity index is 2.28. The van der Waals surface area contributed by atoms with Crippen molar-refractivity contribution in [3.8, 4) is 11.3 Å². The summed E-state index contributed by atoms with van der Waals surface area (Å²) < 4.78 is 15.2. The van der Waals surface area contributed by atoms with Crippen molar-refractivity contribution in [1.82, 2.24) is 14.7 Å². The number of nitrogens with zero attached hydrogens (tertiary/aromatic N) is 3. The number of carbonyl (C=O) groups excluding carboxylic acids is 2. The molecule has 1 aromatic carbocycles. The molecule has 1 aliphatic rings. The van der Waals surface area contributed by atoms with Crippen LogP contribution in [0.5, 0.6) is 0 Å². The molecule has 1 atom stereocenters. The van der Waals surface area contributed by atoms with Crippen molar-refractivity contribution in [1.29, 1.82) is 0 Å². The maximum Gasteiger partial charge on any atom is 0.315 e. The number of benzene rings is 1. The molecule has 1 aromatic heterocycles. The lowest BCUT2D eigenvalue weighted by molar-refractivity contribution is 0.0899. The molecule has 144 valence electrons. The van der Waals surface area contributed by atoms with Gasteiger partial charge in [-0.15, -0.1) is 0 Å². The predicted octanol–water partition coefficient (Wildman–Crippen LogP) is 2.92. The van der Waals surface area contributed by atoms with Crippen LogP contribution in [0, 0.1) is 11.2 Å².